The second-order valence-corrected chi connectivity index (χ2v) is 5.68. The zero-order valence-electron chi connectivity index (χ0n) is 10.4. The maximum Gasteiger partial charge on any atom is 0.186 e. The van der Waals surface area contributed by atoms with Crippen LogP contribution in [0.25, 0.3) is 10.2 Å². The molecule has 0 aliphatic carbocycles. The smallest absolute Gasteiger partial charge is 0.186 e. The largest absolute Gasteiger partial charge is 0.399 e. The molecule has 4 nitrogen and oxygen atoms in total. The molecule has 0 amide bonds. The van der Waals surface area contributed by atoms with E-state index in [1.54, 1.807) is 18.4 Å². The number of ether oxygens (including phenoxy) is 1. The number of fused-ring (bicyclic) bond motifs is 1. The average Bonchev–Trinajstić information content (AvgIpc) is 2.94. The van der Waals surface area contributed by atoms with E-state index in [2.05, 4.69) is 4.90 Å². The van der Waals surface area contributed by atoms with E-state index >= 15 is 0 Å². The number of methoxy groups -OCH3 is 1. The standard InChI is InChI=1S/C13H17N3OS/c1-17-8-10-3-2-6-16(10)13-15-11-7-9(14)4-5-12(11)18-13/h4-5,7,10H,2-3,6,8,14H2,1H3. The van der Waals surface area contributed by atoms with E-state index in [1.807, 2.05) is 18.2 Å². The summed E-state index contributed by atoms with van der Waals surface area (Å²) in [6.45, 7) is 1.85. The van der Waals surface area contributed by atoms with Gasteiger partial charge in [0.2, 0.25) is 0 Å². The summed E-state index contributed by atoms with van der Waals surface area (Å²) in [7, 11) is 1.76. The van der Waals surface area contributed by atoms with Crippen molar-refractivity contribution in [1.82, 2.24) is 4.98 Å². The fourth-order valence-electron chi connectivity index (χ4n) is 2.51. The molecule has 2 heterocycles. The summed E-state index contributed by atoms with van der Waals surface area (Å²) in [5, 5.41) is 1.09. The maximum atomic E-state index is 5.79. The molecule has 5 heteroatoms. The Morgan fingerprint density at radius 2 is 2.44 bits per heavy atom. The molecule has 1 aromatic heterocycles. The van der Waals surface area contributed by atoms with Gasteiger partial charge >= 0.3 is 0 Å². The first-order chi connectivity index (χ1) is 8.78. The van der Waals surface area contributed by atoms with Gasteiger partial charge in [-0.15, -0.1) is 0 Å². The monoisotopic (exact) mass is 263 g/mol. The number of anilines is 2. The molecular formula is C13H17N3OS. The third kappa shape index (κ3) is 2.04. The van der Waals surface area contributed by atoms with Gasteiger partial charge in [-0.1, -0.05) is 11.3 Å². The molecule has 18 heavy (non-hydrogen) atoms. The highest BCUT2D eigenvalue weighted by Crippen LogP contribution is 2.33. The van der Waals surface area contributed by atoms with Crippen LogP contribution in [0.3, 0.4) is 0 Å². The molecule has 1 atom stereocenters. The summed E-state index contributed by atoms with van der Waals surface area (Å²) in [5.41, 5.74) is 7.56. The van der Waals surface area contributed by atoms with Gasteiger partial charge in [0.1, 0.15) is 0 Å². The van der Waals surface area contributed by atoms with Crippen LogP contribution in [0.4, 0.5) is 10.8 Å². The van der Waals surface area contributed by atoms with Crippen molar-refractivity contribution < 1.29 is 4.74 Å². The lowest BCUT2D eigenvalue weighted by molar-refractivity contribution is 0.181. The normalized spacial score (nSPS) is 19.8. The minimum absolute atomic E-state index is 0.466. The number of nitrogen functional groups attached to an aromatic ring is 1. The second-order valence-electron chi connectivity index (χ2n) is 4.67. The molecule has 1 unspecified atom stereocenters. The minimum atomic E-state index is 0.466. The summed E-state index contributed by atoms with van der Waals surface area (Å²) in [4.78, 5) is 7.06. The van der Waals surface area contributed by atoms with Crippen molar-refractivity contribution >= 4 is 32.4 Å². The highest BCUT2D eigenvalue weighted by molar-refractivity contribution is 7.22. The van der Waals surface area contributed by atoms with Crippen molar-refractivity contribution in [2.45, 2.75) is 18.9 Å². The van der Waals surface area contributed by atoms with Gasteiger partial charge in [-0.2, -0.15) is 0 Å². The van der Waals surface area contributed by atoms with Gasteiger partial charge in [0, 0.05) is 19.3 Å². The second kappa shape index (κ2) is 4.74. The Balaban J connectivity index is 1.93. The third-order valence-electron chi connectivity index (χ3n) is 3.38. The lowest BCUT2D eigenvalue weighted by Gasteiger charge is -2.22. The molecule has 0 spiro atoms. The Hall–Kier alpha value is -1.33. The Kier molecular flexibility index (Phi) is 3.09. The molecule has 1 aliphatic heterocycles. The predicted molar refractivity (Wildman–Crippen MR) is 76.3 cm³/mol. The number of hydrogen-bond acceptors (Lipinski definition) is 5. The molecule has 3 rings (SSSR count). The Labute approximate surface area is 110 Å². The van der Waals surface area contributed by atoms with Crippen molar-refractivity contribution in [2.24, 2.45) is 0 Å². The summed E-state index contributed by atoms with van der Waals surface area (Å²) < 4.78 is 6.48. The summed E-state index contributed by atoms with van der Waals surface area (Å²) >= 11 is 1.74. The van der Waals surface area contributed by atoms with Crippen LogP contribution in [0, 0.1) is 0 Å². The zero-order valence-corrected chi connectivity index (χ0v) is 11.2. The van der Waals surface area contributed by atoms with Gasteiger partial charge in [0.15, 0.2) is 5.13 Å². The van der Waals surface area contributed by atoms with Crippen molar-refractivity contribution in [2.75, 3.05) is 30.9 Å². The maximum absolute atomic E-state index is 5.79. The van der Waals surface area contributed by atoms with Crippen molar-refractivity contribution in [3.8, 4) is 0 Å². The Bertz CT molecular complexity index is 554. The number of rotatable bonds is 3. The lowest BCUT2D eigenvalue weighted by atomic mass is 10.2. The molecule has 96 valence electrons. The van der Waals surface area contributed by atoms with Gasteiger partial charge in [-0.3, -0.25) is 0 Å². The van der Waals surface area contributed by atoms with Crippen LogP contribution in [0.1, 0.15) is 12.8 Å². The SMILES string of the molecule is COCC1CCCN1c1nc2cc(N)ccc2s1. The van der Waals surface area contributed by atoms with Gasteiger partial charge in [0.05, 0.1) is 22.9 Å². The molecule has 0 bridgehead atoms. The van der Waals surface area contributed by atoms with E-state index in [4.69, 9.17) is 15.5 Å². The van der Waals surface area contributed by atoms with E-state index < -0.39 is 0 Å². The molecule has 1 aromatic carbocycles. The molecule has 1 saturated heterocycles. The third-order valence-corrected chi connectivity index (χ3v) is 4.46. The summed E-state index contributed by atoms with van der Waals surface area (Å²) in [6.07, 6.45) is 2.40. The van der Waals surface area contributed by atoms with Crippen molar-refractivity contribution in [1.29, 1.82) is 0 Å². The van der Waals surface area contributed by atoms with Crippen molar-refractivity contribution in [3.63, 3.8) is 0 Å². The molecule has 1 aliphatic rings. The molecule has 0 saturated carbocycles. The molecule has 2 N–H and O–H groups in total. The zero-order chi connectivity index (χ0) is 12.5. The number of aromatic nitrogens is 1. The van der Waals surface area contributed by atoms with Crippen LogP contribution in [0.2, 0.25) is 0 Å². The van der Waals surface area contributed by atoms with Crippen LogP contribution >= 0.6 is 11.3 Å². The van der Waals surface area contributed by atoms with E-state index in [-0.39, 0.29) is 0 Å². The highest BCUT2D eigenvalue weighted by Gasteiger charge is 2.26. The van der Waals surface area contributed by atoms with Gasteiger partial charge in [-0.25, -0.2) is 4.98 Å². The predicted octanol–water partition coefficient (Wildman–Crippen LogP) is 2.49. The topological polar surface area (TPSA) is 51.4 Å². The van der Waals surface area contributed by atoms with E-state index in [0.29, 0.717) is 6.04 Å². The average molecular weight is 263 g/mol. The summed E-state index contributed by atoms with van der Waals surface area (Å²) in [6, 6.07) is 6.39. The molecule has 1 fully saturated rings. The van der Waals surface area contributed by atoms with E-state index in [9.17, 15) is 0 Å². The van der Waals surface area contributed by atoms with Gasteiger partial charge in [0.25, 0.3) is 0 Å². The quantitative estimate of drug-likeness (QED) is 0.864. The van der Waals surface area contributed by atoms with Crippen LogP contribution in [0.15, 0.2) is 18.2 Å². The molecular weight excluding hydrogens is 246 g/mol. The number of hydrogen-bond donors (Lipinski definition) is 1. The van der Waals surface area contributed by atoms with E-state index in [1.165, 1.54) is 17.5 Å². The van der Waals surface area contributed by atoms with Crippen LogP contribution < -0.4 is 10.6 Å². The molecule has 0 radical (unpaired) electrons. The number of thiazole rings is 1. The fourth-order valence-corrected chi connectivity index (χ4v) is 3.55. The number of benzene rings is 1. The highest BCUT2D eigenvalue weighted by atomic mass is 32.1. The van der Waals surface area contributed by atoms with Crippen LogP contribution in [-0.2, 0) is 4.74 Å². The Morgan fingerprint density at radius 1 is 1.56 bits per heavy atom. The first-order valence-electron chi connectivity index (χ1n) is 6.19. The fraction of sp³-hybridized carbons (Fsp3) is 0.462. The number of nitrogens with zero attached hydrogens (tertiary/aromatic N) is 2. The van der Waals surface area contributed by atoms with Crippen LogP contribution in [-0.4, -0.2) is 31.3 Å². The minimum Gasteiger partial charge on any atom is -0.399 e. The lowest BCUT2D eigenvalue weighted by Crippen LogP contribution is -2.32. The van der Waals surface area contributed by atoms with Gasteiger partial charge in [-0.05, 0) is 31.0 Å². The number of nitrogens with two attached hydrogens (primary N) is 1. The van der Waals surface area contributed by atoms with Crippen molar-refractivity contribution in [3.05, 3.63) is 18.2 Å². The first-order valence-corrected chi connectivity index (χ1v) is 7.01. The van der Waals surface area contributed by atoms with Gasteiger partial charge < -0.3 is 15.4 Å². The Morgan fingerprint density at radius 3 is 3.28 bits per heavy atom. The summed E-state index contributed by atoms with van der Waals surface area (Å²) in [5.74, 6) is 0. The van der Waals surface area contributed by atoms with E-state index in [0.717, 1.165) is 29.5 Å². The van der Waals surface area contributed by atoms with Crippen LogP contribution in [0.5, 0.6) is 0 Å². The molecule has 2 aromatic rings. The first kappa shape index (κ1) is 11.7.